The second kappa shape index (κ2) is 9.47. The molecule has 0 aliphatic carbocycles. The fourth-order valence-corrected chi connectivity index (χ4v) is 6.71. The van der Waals surface area contributed by atoms with Gasteiger partial charge in [-0.1, -0.05) is 41.9 Å². The monoisotopic (exact) mass is 493 g/mol. The van der Waals surface area contributed by atoms with Gasteiger partial charge in [0.05, 0.1) is 27.7 Å². The third-order valence-corrected chi connectivity index (χ3v) is 8.71. The molecule has 0 N–H and O–H groups in total. The van der Waals surface area contributed by atoms with Gasteiger partial charge in [-0.25, -0.2) is 17.8 Å². The van der Waals surface area contributed by atoms with E-state index in [1.807, 2.05) is 30.1 Å². The Hall–Kier alpha value is -2.00. The van der Waals surface area contributed by atoms with Crippen LogP contribution in [0.15, 0.2) is 58.3 Å². The number of aromatic nitrogens is 1. The smallest absolute Gasteiger partial charge is 0.187 e. The summed E-state index contributed by atoms with van der Waals surface area (Å²) in [5.74, 6) is -1.15. The Morgan fingerprint density at radius 2 is 2.03 bits per heavy atom. The normalized spacial score (nSPS) is 19.4. The predicted octanol–water partition coefficient (Wildman–Crippen LogP) is 5.01. The van der Waals surface area contributed by atoms with E-state index < -0.39 is 20.5 Å². The molecule has 4 rings (SSSR count). The number of thiazole rings is 1. The van der Waals surface area contributed by atoms with E-state index in [0.717, 1.165) is 19.5 Å². The molecule has 32 heavy (non-hydrogen) atoms. The summed E-state index contributed by atoms with van der Waals surface area (Å²) >= 11 is 7.77. The Labute approximate surface area is 197 Å². The maximum atomic E-state index is 15.0. The molecule has 3 aromatic rings. The number of likely N-dealkylation sites (N-methyl/N-ethyl adjacent to an activating group) is 1. The van der Waals surface area contributed by atoms with Crippen molar-refractivity contribution in [2.75, 3.05) is 18.5 Å². The summed E-state index contributed by atoms with van der Waals surface area (Å²) in [6.45, 7) is 3.93. The standard InChI is InChI=1S/C23H25ClFN3O2S2/c1-16-21(8-9-28(16)12-17-6-4-3-5-7-17)27(2)22-11-20(25)23(10-19(22)24)32(29,30)14-18-13-31-15-26-18/h3-7,10-11,13,15-16,21H,8-9,12,14H2,1-2H3/t16-,21-/m1/s1. The second-order valence-corrected chi connectivity index (χ2v) is 11.2. The number of hydrogen-bond acceptors (Lipinski definition) is 6. The highest BCUT2D eigenvalue weighted by Crippen LogP contribution is 2.35. The summed E-state index contributed by atoms with van der Waals surface area (Å²) < 4.78 is 40.4. The van der Waals surface area contributed by atoms with Crippen LogP contribution in [-0.2, 0) is 22.1 Å². The van der Waals surface area contributed by atoms with Crippen LogP contribution in [0, 0.1) is 5.82 Å². The lowest BCUT2D eigenvalue weighted by Crippen LogP contribution is -2.41. The van der Waals surface area contributed by atoms with Crippen LogP contribution in [0.2, 0.25) is 5.02 Å². The molecule has 170 valence electrons. The van der Waals surface area contributed by atoms with Crippen LogP contribution < -0.4 is 4.90 Å². The summed E-state index contributed by atoms with van der Waals surface area (Å²) in [5, 5.41) is 1.86. The molecule has 0 amide bonds. The molecule has 0 radical (unpaired) electrons. The molecule has 0 spiro atoms. The number of rotatable bonds is 7. The van der Waals surface area contributed by atoms with Crippen LogP contribution in [0.25, 0.3) is 0 Å². The highest BCUT2D eigenvalue weighted by molar-refractivity contribution is 7.90. The fourth-order valence-electron chi connectivity index (χ4n) is 4.33. The zero-order valence-electron chi connectivity index (χ0n) is 17.9. The Morgan fingerprint density at radius 1 is 1.28 bits per heavy atom. The van der Waals surface area contributed by atoms with Gasteiger partial charge in [0.15, 0.2) is 9.84 Å². The molecular weight excluding hydrogens is 469 g/mol. The van der Waals surface area contributed by atoms with Crippen molar-refractivity contribution in [1.82, 2.24) is 9.88 Å². The van der Waals surface area contributed by atoms with Crippen LogP contribution in [0.3, 0.4) is 0 Å². The van der Waals surface area contributed by atoms with Gasteiger partial charge in [-0.15, -0.1) is 11.3 Å². The van der Waals surface area contributed by atoms with Crippen molar-refractivity contribution in [3.8, 4) is 0 Å². The van der Waals surface area contributed by atoms with Crippen LogP contribution in [-0.4, -0.2) is 44.0 Å². The maximum absolute atomic E-state index is 15.0. The van der Waals surface area contributed by atoms with E-state index in [1.54, 1.807) is 10.9 Å². The van der Waals surface area contributed by atoms with Crippen molar-refractivity contribution in [1.29, 1.82) is 0 Å². The molecule has 2 heterocycles. The minimum atomic E-state index is -3.89. The number of anilines is 1. The van der Waals surface area contributed by atoms with Crippen molar-refractivity contribution < 1.29 is 12.8 Å². The molecule has 5 nitrogen and oxygen atoms in total. The zero-order chi connectivity index (χ0) is 22.9. The van der Waals surface area contributed by atoms with Crippen molar-refractivity contribution in [3.05, 3.63) is 75.5 Å². The minimum absolute atomic E-state index is 0.132. The third kappa shape index (κ3) is 4.83. The molecule has 2 aromatic carbocycles. The second-order valence-electron chi connectivity index (χ2n) is 8.14. The van der Waals surface area contributed by atoms with Gasteiger partial charge in [0.1, 0.15) is 10.7 Å². The summed E-state index contributed by atoms with van der Waals surface area (Å²) in [5.41, 5.74) is 3.69. The van der Waals surface area contributed by atoms with Crippen molar-refractivity contribution >= 4 is 38.5 Å². The first-order valence-corrected chi connectivity index (χ1v) is 13.3. The highest BCUT2D eigenvalue weighted by Gasteiger charge is 2.34. The lowest BCUT2D eigenvalue weighted by molar-refractivity contribution is 0.250. The largest absolute Gasteiger partial charge is 0.369 e. The molecule has 1 saturated heterocycles. The Bertz CT molecular complexity index is 1170. The molecule has 2 atom stereocenters. The topological polar surface area (TPSA) is 53.5 Å². The minimum Gasteiger partial charge on any atom is -0.369 e. The highest BCUT2D eigenvalue weighted by atomic mass is 35.5. The number of halogens is 2. The van der Waals surface area contributed by atoms with Crippen LogP contribution in [0.4, 0.5) is 10.1 Å². The first-order chi connectivity index (χ1) is 15.3. The van der Waals surface area contributed by atoms with Crippen LogP contribution in [0.5, 0.6) is 0 Å². The lowest BCUT2D eigenvalue weighted by Gasteiger charge is -2.33. The van der Waals surface area contributed by atoms with Crippen LogP contribution >= 0.6 is 22.9 Å². The first kappa shape index (κ1) is 23.2. The molecule has 9 heteroatoms. The number of benzene rings is 2. The van der Waals surface area contributed by atoms with Gasteiger partial charge in [0.2, 0.25) is 0 Å². The summed E-state index contributed by atoms with van der Waals surface area (Å²) in [6, 6.07) is 13.1. The number of likely N-dealkylation sites (tertiary alicyclic amines) is 1. The molecule has 1 aromatic heterocycles. The van der Waals surface area contributed by atoms with E-state index in [9.17, 15) is 12.8 Å². The average molecular weight is 494 g/mol. The third-order valence-electron chi connectivity index (χ3n) is 6.11. The molecule has 1 fully saturated rings. The fraction of sp³-hybridized carbons (Fsp3) is 0.348. The van der Waals surface area contributed by atoms with E-state index in [1.165, 1.54) is 29.0 Å². The maximum Gasteiger partial charge on any atom is 0.187 e. The van der Waals surface area contributed by atoms with Crippen molar-refractivity contribution in [2.24, 2.45) is 0 Å². The van der Waals surface area contributed by atoms with E-state index in [2.05, 4.69) is 28.9 Å². The van der Waals surface area contributed by atoms with Crippen LogP contribution in [0.1, 0.15) is 24.6 Å². The molecular formula is C23H25ClFN3O2S2. The first-order valence-electron chi connectivity index (χ1n) is 10.4. The van der Waals surface area contributed by atoms with Gasteiger partial charge in [0.25, 0.3) is 0 Å². The Morgan fingerprint density at radius 3 is 2.72 bits per heavy atom. The Balaban J connectivity index is 1.53. The van der Waals surface area contributed by atoms with E-state index in [0.29, 0.717) is 11.4 Å². The number of nitrogens with zero attached hydrogens (tertiary/aromatic N) is 3. The van der Waals surface area contributed by atoms with Gasteiger partial charge in [-0.2, -0.15) is 0 Å². The quantitative estimate of drug-likeness (QED) is 0.463. The van der Waals surface area contributed by atoms with E-state index in [4.69, 9.17) is 11.6 Å². The average Bonchev–Trinajstić information content (AvgIpc) is 3.39. The summed E-state index contributed by atoms with van der Waals surface area (Å²) in [7, 11) is -2.01. The van der Waals surface area contributed by atoms with Gasteiger partial charge in [-0.05, 0) is 25.0 Å². The SMILES string of the molecule is C[C@@H]1[C@H](N(C)c2cc(F)c(S(=O)(=O)Cc3cscn3)cc2Cl)CCN1Cc1ccccc1. The molecule has 0 saturated carbocycles. The van der Waals surface area contributed by atoms with Gasteiger partial charge in [-0.3, -0.25) is 4.90 Å². The predicted molar refractivity (Wildman–Crippen MR) is 128 cm³/mol. The summed E-state index contributed by atoms with van der Waals surface area (Å²) in [4.78, 5) is 7.97. The zero-order valence-corrected chi connectivity index (χ0v) is 20.3. The van der Waals surface area contributed by atoms with Crippen molar-refractivity contribution in [2.45, 2.75) is 42.6 Å². The van der Waals surface area contributed by atoms with Gasteiger partial charge < -0.3 is 4.90 Å². The van der Waals surface area contributed by atoms with Crippen molar-refractivity contribution in [3.63, 3.8) is 0 Å². The van der Waals surface area contributed by atoms with Gasteiger partial charge >= 0.3 is 0 Å². The molecule has 0 bridgehead atoms. The molecule has 1 aliphatic rings. The van der Waals surface area contributed by atoms with Gasteiger partial charge in [0, 0.05) is 43.7 Å². The Kier molecular flexibility index (Phi) is 6.86. The van der Waals surface area contributed by atoms with E-state index >= 15 is 0 Å². The lowest BCUT2D eigenvalue weighted by atomic mass is 10.1. The summed E-state index contributed by atoms with van der Waals surface area (Å²) in [6.07, 6.45) is 0.909. The van der Waals surface area contributed by atoms with E-state index in [-0.39, 0.29) is 22.9 Å². The number of hydrogen-bond donors (Lipinski definition) is 0. The molecule has 0 unspecified atom stereocenters. The molecule has 1 aliphatic heterocycles. The number of sulfone groups is 1.